The van der Waals surface area contributed by atoms with Crippen molar-refractivity contribution in [3.63, 3.8) is 0 Å². The summed E-state index contributed by atoms with van der Waals surface area (Å²) in [6.07, 6.45) is 1.67. The van der Waals surface area contributed by atoms with Crippen LogP contribution in [0.5, 0.6) is 0 Å². The number of fused-ring (bicyclic) bond motifs is 1. The quantitative estimate of drug-likeness (QED) is 0.827. The predicted molar refractivity (Wildman–Crippen MR) is 63.4 cm³/mol. The third-order valence-electron chi connectivity index (χ3n) is 3.22. The van der Waals surface area contributed by atoms with Gasteiger partial charge in [0.1, 0.15) is 0 Å². The van der Waals surface area contributed by atoms with Crippen molar-refractivity contribution < 1.29 is 9.90 Å². The third-order valence-corrected chi connectivity index (χ3v) is 3.22. The smallest absolute Gasteiger partial charge is 0.227 e. The molecule has 0 spiro atoms. The number of carbonyl (C=O) groups is 1. The van der Waals surface area contributed by atoms with Gasteiger partial charge < -0.3 is 10.0 Å². The van der Waals surface area contributed by atoms with E-state index in [4.69, 9.17) is 0 Å². The van der Waals surface area contributed by atoms with Gasteiger partial charge in [0.2, 0.25) is 5.91 Å². The van der Waals surface area contributed by atoms with Gasteiger partial charge in [0.25, 0.3) is 0 Å². The highest BCUT2D eigenvalue weighted by atomic mass is 16.3. The second kappa shape index (κ2) is 4.26. The fourth-order valence-electron chi connectivity index (χ4n) is 2.12. The van der Waals surface area contributed by atoms with Crippen molar-refractivity contribution in [2.24, 2.45) is 0 Å². The summed E-state index contributed by atoms with van der Waals surface area (Å²) in [6.45, 7) is 1.96. The molecule has 1 aliphatic heterocycles. The molecule has 1 heterocycles. The summed E-state index contributed by atoms with van der Waals surface area (Å²) in [5.41, 5.74) is 3.08. The Morgan fingerprint density at radius 3 is 2.88 bits per heavy atom. The molecule has 16 heavy (non-hydrogen) atoms. The number of hydrogen-bond donors (Lipinski definition) is 1. The van der Waals surface area contributed by atoms with Crippen LogP contribution in [-0.4, -0.2) is 18.1 Å². The van der Waals surface area contributed by atoms with E-state index in [1.165, 1.54) is 0 Å². The van der Waals surface area contributed by atoms with Crippen LogP contribution in [0.4, 0.5) is 5.69 Å². The number of aliphatic hydroxyl groups excluding tert-OH is 1. The Balaban J connectivity index is 2.37. The molecule has 3 nitrogen and oxygen atoms in total. The molecule has 1 unspecified atom stereocenters. The summed E-state index contributed by atoms with van der Waals surface area (Å²) >= 11 is 0. The van der Waals surface area contributed by atoms with Crippen LogP contribution in [0.3, 0.4) is 0 Å². The topological polar surface area (TPSA) is 40.5 Å². The average molecular weight is 219 g/mol. The van der Waals surface area contributed by atoms with Gasteiger partial charge in [-0.05, 0) is 30.0 Å². The molecular weight excluding hydrogens is 202 g/mol. The number of nitrogens with zero attached hydrogens (tertiary/aromatic N) is 1. The highest BCUT2D eigenvalue weighted by molar-refractivity contribution is 5.95. The summed E-state index contributed by atoms with van der Waals surface area (Å²) in [5.74, 6) is 0.163. The molecule has 1 amide bonds. The Labute approximate surface area is 95.7 Å². The van der Waals surface area contributed by atoms with Crippen LogP contribution in [0, 0.1) is 0 Å². The van der Waals surface area contributed by atoms with Gasteiger partial charge in [-0.15, -0.1) is 0 Å². The highest BCUT2D eigenvalue weighted by Crippen LogP contribution is 2.29. The van der Waals surface area contributed by atoms with E-state index in [0.29, 0.717) is 12.8 Å². The molecule has 86 valence electrons. The van der Waals surface area contributed by atoms with Gasteiger partial charge in [-0.1, -0.05) is 19.1 Å². The molecule has 3 heteroatoms. The summed E-state index contributed by atoms with van der Waals surface area (Å²) in [5, 5.41) is 9.77. The zero-order valence-electron chi connectivity index (χ0n) is 9.73. The maximum Gasteiger partial charge on any atom is 0.227 e. The first-order valence-electron chi connectivity index (χ1n) is 5.71. The van der Waals surface area contributed by atoms with E-state index in [-0.39, 0.29) is 5.91 Å². The fraction of sp³-hybridized carbons (Fsp3) is 0.462. The van der Waals surface area contributed by atoms with Crippen molar-refractivity contribution in [3.05, 3.63) is 29.3 Å². The van der Waals surface area contributed by atoms with E-state index < -0.39 is 6.10 Å². The molecule has 0 aromatic heterocycles. The maximum atomic E-state index is 11.5. The van der Waals surface area contributed by atoms with E-state index in [0.717, 1.165) is 23.2 Å². The summed E-state index contributed by atoms with van der Waals surface area (Å²) in [4.78, 5) is 13.2. The highest BCUT2D eigenvalue weighted by Gasteiger charge is 2.21. The molecule has 0 aliphatic carbocycles. The van der Waals surface area contributed by atoms with Gasteiger partial charge in [0.15, 0.2) is 0 Å². The van der Waals surface area contributed by atoms with Crippen LogP contribution in [0.25, 0.3) is 0 Å². The number of aryl methyl sites for hydroxylation is 1. The Morgan fingerprint density at radius 1 is 1.44 bits per heavy atom. The molecule has 0 radical (unpaired) electrons. The minimum absolute atomic E-state index is 0.163. The van der Waals surface area contributed by atoms with E-state index >= 15 is 0 Å². The van der Waals surface area contributed by atoms with Gasteiger partial charge in [-0.25, -0.2) is 0 Å². The molecular formula is C13H17NO2. The fourth-order valence-corrected chi connectivity index (χ4v) is 2.12. The molecule has 1 N–H and O–H groups in total. The van der Waals surface area contributed by atoms with E-state index in [1.54, 1.807) is 11.9 Å². The lowest BCUT2D eigenvalue weighted by Gasteiger charge is -2.26. The summed E-state index contributed by atoms with van der Waals surface area (Å²) in [7, 11) is 1.80. The first-order chi connectivity index (χ1) is 7.63. The largest absolute Gasteiger partial charge is 0.388 e. The Morgan fingerprint density at radius 2 is 2.19 bits per heavy atom. The maximum absolute atomic E-state index is 11.5. The monoisotopic (exact) mass is 219 g/mol. The Hall–Kier alpha value is -1.35. The SMILES string of the molecule is CCC(O)c1ccc2c(c1)CCC(=O)N2C. The molecule has 1 atom stereocenters. The molecule has 1 aromatic rings. The molecule has 0 bridgehead atoms. The number of amides is 1. The lowest BCUT2D eigenvalue weighted by Crippen LogP contribution is -2.31. The lowest BCUT2D eigenvalue weighted by molar-refractivity contribution is -0.118. The second-order valence-electron chi connectivity index (χ2n) is 4.26. The number of carbonyl (C=O) groups excluding carboxylic acids is 1. The molecule has 1 aliphatic rings. The van der Waals surface area contributed by atoms with Gasteiger partial charge in [0.05, 0.1) is 6.10 Å². The van der Waals surface area contributed by atoms with Crippen molar-refractivity contribution in [1.29, 1.82) is 0 Å². The zero-order chi connectivity index (χ0) is 11.7. The van der Waals surface area contributed by atoms with Gasteiger partial charge in [0, 0.05) is 19.2 Å². The van der Waals surface area contributed by atoms with Crippen LogP contribution in [0.15, 0.2) is 18.2 Å². The number of anilines is 1. The van der Waals surface area contributed by atoms with Crippen molar-refractivity contribution in [2.45, 2.75) is 32.3 Å². The van der Waals surface area contributed by atoms with Crippen LogP contribution in [0.1, 0.15) is 37.0 Å². The normalized spacial score (nSPS) is 17.2. The van der Waals surface area contributed by atoms with Crippen LogP contribution in [0.2, 0.25) is 0 Å². The van der Waals surface area contributed by atoms with Crippen LogP contribution in [-0.2, 0) is 11.2 Å². The summed E-state index contributed by atoms with van der Waals surface area (Å²) < 4.78 is 0. The van der Waals surface area contributed by atoms with E-state index in [2.05, 4.69) is 0 Å². The van der Waals surface area contributed by atoms with Gasteiger partial charge in [-0.3, -0.25) is 4.79 Å². The van der Waals surface area contributed by atoms with E-state index in [1.807, 2.05) is 25.1 Å². The average Bonchev–Trinajstić information content (AvgIpc) is 2.32. The minimum Gasteiger partial charge on any atom is -0.388 e. The molecule has 0 fully saturated rings. The number of aliphatic hydroxyl groups is 1. The first-order valence-corrected chi connectivity index (χ1v) is 5.71. The molecule has 0 saturated carbocycles. The van der Waals surface area contributed by atoms with Crippen molar-refractivity contribution in [2.75, 3.05) is 11.9 Å². The van der Waals surface area contributed by atoms with Gasteiger partial charge >= 0.3 is 0 Å². The van der Waals surface area contributed by atoms with Crippen LogP contribution < -0.4 is 4.90 Å². The zero-order valence-corrected chi connectivity index (χ0v) is 9.73. The standard InChI is InChI=1S/C13H17NO2/c1-3-12(15)10-4-6-11-9(8-10)5-7-13(16)14(11)2/h4,6,8,12,15H,3,5,7H2,1-2H3. The number of benzene rings is 1. The van der Waals surface area contributed by atoms with Crippen molar-refractivity contribution >= 4 is 11.6 Å². The Bertz CT molecular complexity index is 414. The molecule has 2 rings (SSSR count). The van der Waals surface area contributed by atoms with Crippen molar-refractivity contribution in [1.82, 2.24) is 0 Å². The van der Waals surface area contributed by atoms with E-state index in [9.17, 15) is 9.90 Å². The van der Waals surface area contributed by atoms with Gasteiger partial charge in [-0.2, -0.15) is 0 Å². The third kappa shape index (κ3) is 1.83. The van der Waals surface area contributed by atoms with Crippen LogP contribution >= 0.6 is 0 Å². The first kappa shape index (κ1) is 11.1. The summed E-state index contributed by atoms with van der Waals surface area (Å²) in [6, 6.07) is 5.86. The predicted octanol–water partition coefficient (Wildman–Crippen LogP) is 2.04. The Kier molecular flexibility index (Phi) is 2.97. The van der Waals surface area contributed by atoms with Crippen molar-refractivity contribution in [3.8, 4) is 0 Å². The minimum atomic E-state index is -0.395. The molecule has 1 aromatic carbocycles. The molecule has 0 saturated heterocycles. The lowest BCUT2D eigenvalue weighted by atomic mass is 9.96. The number of hydrogen-bond acceptors (Lipinski definition) is 2. The second-order valence-corrected chi connectivity index (χ2v) is 4.26. The number of rotatable bonds is 2.